The lowest BCUT2D eigenvalue weighted by atomic mass is 9.91. The molecule has 0 aromatic heterocycles. The molecule has 0 saturated carbocycles. The molecule has 2 heterocycles. The highest BCUT2D eigenvalue weighted by Crippen LogP contribution is 2.29. The SMILES string of the molecule is CN1CCC(C2CCCCS2=O)CC1. The minimum atomic E-state index is -0.505. The maximum Gasteiger partial charge on any atom is 0.0377 e. The smallest absolute Gasteiger partial charge is 0.0377 e. The van der Waals surface area contributed by atoms with Gasteiger partial charge >= 0.3 is 0 Å². The predicted molar refractivity (Wildman–Crippen MR) is 60.9 cm³/mol. The van der Waals surface area contributed by atoms with Gasteiger partial charge in [0.1, 0.15) is 0 Å². The van der Waals surface area contributed by atoms with Crippen molar-refractivity contribution in [3.8, 4) is 0 Å². The highest BCUT2D eigenvalue weighted by atomic mass is 32.2. The van der Waals surface area contributed by atoms with Crippen molar-refractivity contribution in [1.29, 1.82) is 0 Å². The summed E-state index contributed by atoms with van der Waals surface area (Å²) in [6, 6.07) is 0. The molecule has 0 aromatic carbocycles. The van der Waals surface area contributed by atoms with Crippen molar-refractivity contribution in [3.63, 3.8) is 0 Å². The van der Waals surface area contributed by atoms with Crippen molar-refractivity contribution < 1.29 is 4.21 Å². The number of nitrogens with zero attached hydrogens (tertiary/aromatic N) is 1. The topological polar surface area (TPSA) is 20.3 Å². The van der Waals surface area contributed by atoms with Crippen molar-refractivity contribution in [2.45, 2.75) is 37.4 Å². The number of hydrogen-bond donors (Lipinski definition) is 0. The zero-order valence-electron chi connectivity index (χ0n) is 9.08. The maximum absolute atomic E-state index is 11.9. The van der Waals surface area contributed by atoms with Crippen molar-refractivity contribution in [2.75, 3.05) is 25.9 Å². The van der Waals surface area contributed by atoms with Gasteiger partial charge in [-0.1, -0.05) is 6.42 Å². The molecule has 0 N–H and O–H groups in total. The van der Waals surface area contributed by atoms with E-state index in [4.69, 9.17) is 0 Å². The molecule has 2 aliphatic heterocycles. The van der Waals surface area contributed by atoms with Crippen molar-refractivity contribution >= 4 is 10.8 Å². The summed E-state index contributed by atoms with van der Waals surface area (Å²) in [5.74, 6) is 1.73. The van der Waals surface area contributed by atoms with Crippen LogP contribution in [0, 0.1) is 5.92 Å². The van der Waals surface area contributed by atoms with E-state index in [9.17, 15) is 4.21 Å². The second-order valence-corrected chi connectivity index (χ2v) is 6.54. The Bertz CT molecular complexity index is 211. The summed E-state index contributed by atoms with van der Waals surface area (Å²) < 4.78 is 11.9. The van der Waals surface area contributed by atoms with Crippen LogP contribution >= 0.6 is 0 Å². The van der Waals surface area contributed by atoms with Gasteiger partial charge in [0, 0.05) is 21.8 Å². The summed E-state index contributed by atoms with van der Waals surface area (Å²) in [5, 5.41) is 0.539. The molecule has 0 bridgehead atoms. The predicted octanol–water partition coefficient (Wildman–Crippen LogP) is 1.63. The first-order valence-corrected chi connectivity index (χ1v) is 7.21. The maximum atomic E-state index is 11.9. The lowest BCUT2D eigenvalue weighted by Gasteiger charge is -2.35. The molecule has 2 aliphatic rings. The molecule has 2 unspecified atom stereocenters. The van der Waals surface area contributed by atoms with E-state index in [1.165, 1.54) is 45.2 Å². The number of rotatable bonds is 1. The van der Waals surface area contributed by atoms with E-state index < -0.39 is 10.8 Å². The standard InChI is InChI=1S/C11H21NOS/c1-12-7-5-10(6-8-12)11-4-2-3-9-14(11)13/h10-11H,2-9H2,1H3. The fourth-order valence-corrected chi connectivity index (χ4v) is 4.65. The van der Waals surface area contributed by atoms with E-state index in [-0.39, 0.29) is 0 Å². The molecule has 0 radical (unpaired) electrons. The van der Waals surface area contributed by atoms with Crippen LogP contribution in [-0.2, 0) is 10.8 Å². The Kier molecular flexibility index (Phi) is 3.61. The fraction of sp³-hybridized carbons (Fsp3) is 1.00. The quantitative estimate of drug-likeness (QED) is 0.662. The first-order chi connectivity index (χ1) is 6.77. The van der Waals surface area contributed by atoms with Gasteiger partial charge in [-0.2, -0.15) is 0 Å². The van der Waals surface area contributed by atoms with Gasteiger partial charge in [-0.3, -0.25) is 4.21 Å². The average Bonchev–Trinajstić information content (AvgIpc) is 2.20. The lowest BCUT2D eigenvalue weighted by molar-refractivity contribution is 0.211. The lowest BCUT2D eigenvalue weighted by Crippen LogP contribution is -2.39. The van der Waals surface area contributed by atoms with Crippen LogP contribution in [0.2, 0.25) is 0 Å². The van der Waals surface area contributed by atoms with E-state index in [2.05, 4.69) is 11.9 Å². The Morgan fingerprint density at radius 1 is 1.14 bits per heavy atom. The van der Waals surface area contributed by atoms with E-state index in [0.29, 0.717) is 5.25 Å². The third-order valence-corrected chi connectivity index (χ3v) is 5.70. The molecule has 2 atom stereocenters. The van der Waals surface area contributed by atoms with Crippen LogP contribution < -0.4 is 0 Å². The molecule has 3 heteroatoms. The van der Waals surface area contributed by atoms with Crippen LogP contribution in [0.4, 0.5) is 0 Å². The van der Waals surface area contributed by atoms with Gasteiger partial charge in [0.25, 0.3) is 0 Å². The van der Waals surface area contributed by atoms with Gasteiger partial charge in [0.05, 0.1) is 0 Å². The third-order valence-electron chi connectivity index (χ3n) is 3.71. The summed E-state index contributed by atoms with van der Waals surface area (Å²) in [7, 11) is 1.68. The molecule has 14 heavy (non-hydrogen) atoms. The molecule has 0 aliphatic carbocycles. The van der Waals surface area contributed by atoms with Crippen LogP contribution in [0.5, 0.6) is 0 Å². The molecule has 0 aromatic rings. The summed E-state index contributed by atoms with van der Waals surface area (Å²) >= 11 is 0. The Balaban J connectivity index is 1.90. The van der Waals surface area contributed by atoms with Crippen molar-refractivity contribution in [3.05, 3.63) is 0 Å². The van der Waals surface area contributed by atoms with Crippen molar-refractivity contribution in [2.24, 2.45) is 5.92 Å². The zero-order valence-corrected chi connectivity index (χ0v) is 9.89. The molecular formula is C11H21NOS. The summed E-state index contributed by atoms with van der Waals surface area (Å²) in [4.78, 5) is 2.39. The van der Waals surface area contributed by atoms with Crippen LogP contribution in [0.1, 0.15) is 32.1 Å². The Hall–Kier alpha value is 0.110. The minimum Gasteiger partial charge on any atom is -0.306 e. The summed E-state index contributed by atoms with van der Waals surface area (Å²) in [6.45, 7) is 2.41. The Labute approximate surface area is 89.5 Å². The monoisotopic (exact) mass is 215 g/mol. The Morgan fingerprint density at radius 2 is 1.86 bits per heavy atom. The van der Waals surface area contributed by atoms with Crippen LogP contribution in [0.25, 0.3) is 0 Å². The minimum absolute atomic E-state index is 0.505. The molecule has 0 amide bonds. The molecule has 2 fully saturated rings. The number of hydrogen-bond acceptors (Lipinski definition) is 2. The molecule has 2 nitrogen and oxygen atoms in total. The fourth-order valence-electron chi connectivity index (χ4n) is 2.72. The van der Waals surface area contributed by atoms with Gasteiger partial charge in [-0.15, -0.1) is 0 Å². The molecular weight excluding hydrogens is 194 g/mol. The zero-order chi connectivity index (χ0) is 9.97. The third kappa shape index (κ3) is 2.37. The van der Waals surface area contributed by atoms with Crippen LogP contribution in [0.3, 0.4) is 0 Å². The van der Waals surface area contributed by atoms with E-state index in [0.717, 1.165) is 11.7 Å². The largest absolute Gasteiger partial charge is 0.306 e. The average molecular weight is 215 g/mol. The molecule has 2 saturated heterocycles. The van der Waals surface area contributed by atoms with Gasteiger partial charge in [-0.05, 0) is 51.7 Å². The van der Waals surface area contributed by atoms with E-state index in [1.54, 1.807) is 0 Å². The molecule has 2 rings (SSSR count). The number of likely N-dealkylation sites (tertiary alicyclic amines) is 1. The highest BCUT2D eigenvalue weighted by Gasteiger charge is 2.30. The Morgan fingerprint density at radius 3 is 2.50 bits per heavy atom. The molecule has 0 spiro atoms. The van der Waals surface area contributed by atoms with E-state index in [1.807, 2.05) is 0 Å². The highest BCUT2D eigenvalue weighted by molar-refractivity contribution is 7.85. The van der Waals surface area contributed by atoms with Gasteiger partial charge in [0.2, 0.25) is 0 Å². The number of piperidine rings is 1. The van der Waals surface area contributed by atoms with Crippen LogP contribution in [0.15, 0.2) is 0 Å². The normalized spacial score (nSPS) is 37.2. The first-order valence-electron chi connectivity index (χ1n) is 5.83. The van der Waals surface area contributed by atoms with Gasteiger partial charge in [-0.25, -0.2) is 0 Å². The van der Waals surface area contributed by atoms with Crippen LogP contribution in [-0.4, -0.2) is 40.2 Å². The van der Waals surface area contributed by atoms with Crippen molar-refractivity contribution in [1.82, 2.24) is 4.90 Å². The summed E-state index contributed by atoms with van der Waals surface area (Å²) in [5.41, 5.74) is 0. The summed E-state index contributed by atoms with van der Waals surface area (Å²) in [6.07, 6.45) is 6.26. The van der Waals surface area contributed by atoms with E-state index >= 15 is 0 Å². The molecule has 82 valence electrons. The second kappa shape index (κ2) is 4.75. The van der Waals surface area contributed by atoms with Gasteiger partial charge < -0.3 is 4.90 Å². The first kappa shape index (κ1) is 10.6. The second-order valence-electron chi connectivity index (χ2n) is 4.76. The van der Waals surface area contributed by atoms with Gasteiger partial charge in [0.15, 0.2) is 0 Å².